The SMILES string of the molecule is Cn1cc(CN2CCC[C@@H](NC(=O)OC(C)(C)C)C2)cn1. The second kappa shape index (κ2) is 6.47. The van der Waals surface area contributed by atoms with Crippen LogP contribution in [0, 0.1) is 0 Å². The van der Waals surface area contributed by atoms with Crippen molar-refractivity contribution in [3.8, 4) is 0 Å². The molecule has 1 saturated heterocycles. The van der Waals surface area contributed by atoms with E-state index in [1.54, 1.807) is 0 Å². The molecule has 1 atom stereocenters. The molecule has 1 fully saturated rings. The van der Waals surface area contributed by atoms with E-state index >= 15 is 0 Å². The standard InChI is InChI=1S/C15H26N4O2/c1-15(2,3)21-14(20)17-13-6-5-7-19(11-13)10-12-8-16-18(4)9-12/h8-9,13H,5-7,10-11H2,1-4H3,(H,17,20)/t13-/m1/s1. The zero-order chi connectivity index (χ0) is 15.5. The van der Waals surface area contributed by atoms with E-state index in [1.165, 1.54) is 5.56 Å². The minimum atomic E-state index is -0.450. The molecule has 0 saturated carbocycles. The van der Waals surface area contributed by atoms with Crippen LogP contribution in [0.1, 0.15) is 39.2 Å². The molecule has 2 rings (SSSR count). The van der Waals surface area contributed by atoms with Crippen LogP contribution >= 0.6 is 0 Å². The molecule has 0 radical (unpaired) electrons. The van der Waals surface area contributed by atoms with Gasteiger partial charge in [0, 0.05) is 37.9 Å². The van der Waals surface area contributed by atoms with Gasteiger partial charge in [0.15, 0.2) is 0 Å². The number of nitrogens with one attached hydrogen (secondary N) is 1. The fraction of sp³-hybridized carbons (Fsp3) is 0.733. The van der Waals surface area contributed by atoms with E-state index in [2.05, 4.69) is 15.3 Å². The van der Waals surface area contributed by atoms with Gasteiger partial charge in [0.05, 0.1) is 6.20 Å². The van der Waals surface area contributed by atoms with E-state index < -0.39 is 5.60 Å². The lowest BCUT2D eigenvalue weighted by atomic mass is 10.1. The Kier molecular flexibility index (Phi) is 4.88. The highest BCUT2D eigenvalue weighted by molar-refractivity contribution is 5.68. The number of ether oxygens (including phenoxy) is 1. The number of amides is 1. The Bertz CT molecular complexity index is 478. The molecular weight excluding hydrogens is 268 g/mol. The molecule has 1 aromatic heterocycles. The number of likely N-dealkylation sites (tertiary alicyclic amines) is 1. The van der Waals surface area contributed by atoms with Crippen LogP contribution in [0.5, 0.6) is 0 Å². The summed E-state index contributed by atoms with van der Waals surface area (Å²) < 4.78 is 7.13. The summed E-state index contributed by atoms with van der Waals surface area (Å²) in [5.41, 5.74) is 0.754. The monoisotopic (exact) mass is 294 g/mol. The number of carbonyl (C=O) groups excluding carboxylic acids is 1. The third-order valence-corrected chi connectivity index (χ3v) is 3.39. The first-order valence-corrected chi connectivity index (χ1v) is 7.51. The van der Waals surface area contributed by atoms with Crippen LogP contribution in [0.2, 0.25) is 0 Å². The Morgan fingerprint density at radius 1 is 1.52 bits per heavy atom. The molecule has 0 aromatic carbocycles. The minimum absolute atomic E-state index is 0.158. The molecule has 1 aliphatic rings. The molecule has 6 nitrogen and oxygen atoms in total. The van der Waals surface area contributed by atoms with Gasteiger partial charge in [-0.15, -0.1) is 0 Å². The normalized spacial score (nSPS) is 20.3. The number of aromatic nitrogens is 2. The van der Waals surface area contributed by atoms with Crippen molar-refractivity contribution in [3.05, 3.63) is 18.0 Å². The highest BCUT2D eigenvalue weighted by atomic mass is 16.6. The van der Waals surface area contributed by atoms with E-state index in [0.717, 1.165) is 32.5 Å². The highest BCUT2D eigenvalue weighted by Crippen LogP contribution is 2.14. The molecular formula is C15H26N4O2. The van der Waals surface area contributed by atoms with Gasteiger partial charge in [0.2, 0.25) is 0 Å². The zero-order valence-corrected chi connectivity index (χ0v) is 13.4. The van der Waals surface area contributed by atoms with Crippen molar-refractivity contribution < 1.29 is 9.53 Å². The largest absolute Gasteiger partial charge is 0.444 e. The summed E-state index contributed by atoms with van der Waals surface area (Å²) in [4.78, 5) is 14.2. The third kappa shape index (κ3) is 5.38. The summed E-state index contributed by atoms with van der Waals surface area (Å²) in [5, 5.41) is 7.16. The first kappa shape index (κ1) is 15.8. The number of carbonyl (C=O) groups is 1. The van der Waals surface area contributed by atoms with Gasteiger partial charge in [-0.25, -0.2) is 4.79 Å². The molecule has 2 heterocycles. The number of hydrogen-bond donors (Lipinski definition) is 1. The molecule has 1 amide bonds. The van der Waals surface area contributed by atoms with Gasteiger partial charge >= 0.3 is 6.09 Å². The lowest BCUT2D eigenvalue weighted by molar-refractivity contribution is 0.0470. The van der Waals surface area contributed by atoms with Crippen molar-refractivity contribution >= 4 is 6.09 Å². The summed E-state index contributed by atoms with van der Waals surface area (Å²) in [7, 11) is 1.92. The Morgan fingerprint density at radius 3 is 2.90 bits per heavy atom. The molecule has 1 aliphatic heterocycles. The first-order chi connectivity index (χ1) is 9.82. The Labute approximate surface area is 126 Å². The molecule has 0 spiro atoms. The predicted molar refractivity (Wildman–Crippen MR) is 80.9 cm³/mol. The second-order valence-electron chi connectivity index (χ2n) is 6.74. The van der Waals surface area contributed by atoms with Crippen molar-refractivity contribution in [1.82, 2.24) is 20.0 Å². The van der Waals surface area contributed by atoms with Crippen molar-refractivity contribution in [2.45, 2.75) is 51.8 Å². The average molecular weight is 294 g/mol. The molecule has 6 heteroatoms. The topological polar surface area (TPSA) is 59.4 Å². The lowest BCUT2D eigenvalue weighted by Crippen LogP contribution is -2.48. The fourth-order valence-corrected chi connectivity index (χ4v) is 2.60. The van der Waals surface area contributed by atoms with Crippen molar-refractivity contribution in [2.75, 3.05) is 13.1 Å². The van der Waals surface area contributed by atoms with E-state index in [4.69, 9.17) is 4.74 Å². The smallest absolute Gasteiger partial charge is 0.407 e. The first-order valence-electron chi connectivity index (χ1n) is 7.51. The third-order valence-electron chi connectivity index (χ3n) is 3.39. The van der Waals surface area contributed by atoms with Gasteiger partial charge in [0.25, 0.3) is 0 Å². The minimum Gasteiger partial charge on any atom is -0.444 e. The van der Waals surface area contributed by atoms with Crippen molar-refractivity contribution in [3.63, 3.8) is 0 Å². The van der Waals surface area contributed by atoms with Gasteiger partial charge in [-0.05, 0) is 40.2 Å². The Balaban J connectivity index is 1.82. The number of nitrogens with zero attached hydrogens (tertiary/aromatic N) is 3. The predicted octanol–water partition coefficient (Wildman–Crippen LogP) is 1.91. The molecule has 1 N–H and O–H groups in total. The quantitative estimate of drug-likeness (QED) is 0.925. The van der Waals surface area contributed by atoms with E-state index in [9.17, 15) is 4.79 Å². The van der Waals surface area contributed by atoms with Crippen LogP contribution in [0.25, 0.3) is 0 Å². The summed E-state index contributed by atoms with van der Waals surface area (Å²) >= 11 is 0. The van der Waals surface area contributed by atoms with Crippen LogP contribution in [0.3, 0.4) is 0 Å². The van der Waals surface area contributed by atoms with Gasteiger partial charge in [-0.3, -0.25) is 9.58 Å². The fourth-order valence-electron chi connectivity index (χ4n) is 2.60. The highest BCUT2D eigenvalue weighted by Gasteiger charge is 2.24. The zero-order valence-electron chi connectivity index (χ0n) is 13.4. The summed E-state index contributed by atoms with van der Waals surface area (Å²) in [6, 6.07) is 0.158. The summed E-state index contributed by atoms with van der Waals surface area (Å²) in [6.45, 7) is 8.42. The van der Waals surface area contributed by atoms with Crippen LogP contribution in [0.4, 0.5) is 4.79 Å². The Morgan fingerprint density at radius 2 is 2.29 bits per heavy atom. The van der Waals surface area contributed by atoms with Gasteiger partial charge in [-0.1, -0.05) is 0 Å². The van der Waals surface area contributed by atoms with Gasteiger partial charge < -0.3 is 10.1 Å². The van der Waals surface area contributed by atoms with E-state index in [1.807, 2.05) is 44.9 Å². The maximum Gasteiger partial charge on any atom is 0.407 e. The van der Waals surface area contributed by atoms with Crippen LogP contribution in [-0.2, 0) is 18.3 Å². The van der Waals surface area contributed by atoms with E-state index in [-0.39, 0.29) is 12.1 Å². The lowest BCUT2D eigenvalue weighted by Gasteiger charge is -2.33. The van der Waals surface area contributed by atoms with Crippen molar-refractivity contribution in [1.29, 1.82) is 0 Å². The number of aryl methyl sites for hydroxylation is 1. The molecule has 1 aromatic rings. The van der Waals surface area contributed by atoms with E-state index in [0.29, 0.717) is 0 Å². The average Bonchev–Trinajstić information content (AvgIpc) is 2.72. The Hall–Kier alpha value is -1.56. The summed E-state index contributed by atoms with van der Waals surface area (Å²) in [6.07, 6.45) is 5.69. The van der Waals surface area contributed by atoms with Crippen molar-refractivity contribution in [2.24, 2.45) is 7.05 Å². The number of alkyl carbamates (subject to hydrolysis) is 1. The molecule has 0 aliphatic carbocycles. The number of hydrogen-bond acceptors (Lipinski definition) is 4. The molecule has 0 bridgehead atoms. The molecule has 21 heavy (non-hydrogen) atoms. The van der Waals surface area contributed by atoms with Gasteiger partial charge in [0.1, 0.15) is 5.60 Å². The van der Waals surface area contributed by atoms with Crippen LogP contribution in [0.15, 0.2) is 12.4 Å². The molecule has 0 unspecified atom stereocenters. The number of piperidine rings is 1. The summed E-state index contributed by atoms with van der Waals surface area (Å²) in [5.74, 6) is 0. The van der Waals surface area contributed by atoms with Crippen LogP contribution in [-0.4, -0.2) is 45.5 Å². The number of rotatable bonds is 3. The van der Waals surface area contributed by atoms with Gasteiger partial charge in [-0.2, -0.15) is 5.10 Å². The maximum atomic E-state index is 11.8. The molecule has 118 valence electrons. The van der Waals surface area contributed by atoms with Crippen LogP contribution < -0.4 is 5.32 Å². The maximum absolute atomic E-state index is 11.8. The second-order valence-corrected chi connectivity index (χ2v) is 6.74.